The van der Waals surface area contributed by atoms with Crippen LogP contribution in [0.15, 0.2) is 67.4 Å². The summed E-state index contributed by atoms with van der Waals surface area (Å²) in [4.78, 5) is 29.8. The Morgan fingerprint density at radius 1 is 1.00 bits per heavy atom. The summed E-state index contributed by atoms with van der Waals surface area (Å²) in [5.74, 6) is -0.0617. The highest BCUT2D eigenvalue weighted by Gasteiger charge is 2.20. The van der Waals surface area contributed by atoms with E-state index in [1.54, 1.807) is 6.07 Å². The van der Waals surface area contributed by atoms with Crippen LogP contribution >= 0.6 is 0 Å². The summed E-state index contributed by atoms with van der Waals surface area (Å²) >= 11 is 0. The van der Waals surface area contributed by atoms with E-state index in [9.17, 15) is 9.18 Å². The SMILES string of the molecule is C=CC(=O)Nc1cc(Nc2ncc(F)c(Nc3ccc4ccccc4c3)n2)c(C(C)C)nc1N(C)CCN(C)C. The summed E-state index contributed by atoms with van der Waals surface area (Å²) in [6.45, 7) is 9.12. The molecular weight excluding hydrogens is 507 g/mol. The van der Waals surface area contributed by atoms with Crippen molar-refractivity contribution in [1.82, 2.24) is 19.9 Å². The van der Waals surface area contributed by atoms with Crippen molar-refractivity contribution < 1.29 is 9.18 Å². The van der Waals surface area contributed by atoms with Crippen molar-refractivity contribution in [3.63, 3.8) is 0 Å². The lowest BCUT2D eigenvalue weighted by molar-refractivity contribution is -0.111. The van der Waals surface area contributed by atoms with Crippen LogP contribution in [0.3, 0.4) is 0 Å². The minimum absolute atomic E-state index is 0.0308. The van der Waals surface area contributed by atoms with Crippen LogP contribution in [-0.4, -0.2) is 60.0 Å². The number of anilines is 6. The van der Waals surface area contributed by atoms with Gasteiger partial charge < -0.3 is 25.8 Å². The number of rotatable bonds is 11. The Labute approximate surface area is 234 Å². The van der Waals surface area contributed by atoms with Gasteiger partial charge in [-0.1, -0.05) is 50.8 Å². The summed E-state index contributed by atoms with van der Waals surface area (Å²) in [6.07, 6.45) is 2.33. The first-order chi connectivity index (χ1) is 19.1. The number of aromatic nitrogens is 3. The molecule has 4 rings (SSSR count). The van der Waals surface area contributed by atoms with Gasteiger partial charge in [-0.15, -0.1) is 0 Å². The average molecular weight is 543 g/mol. The molecule has 0 aliphatic carbocycles. The van der Waals surface area contributed by atoms with Crippen molar-refractivity contribution in [3.8, 4) is 0 Å². The van der Waals surface area contributed by atoms with Gasteiger partial charge in [-0.25, -0.2) is 14.4 Å². The molecule has 9 nitrogen and oxygen atoms in total. The lowest BCUT2D eigenvalue weighted by Gasteiger charge is -2.25. The molecule has 0 radical (unpaired) electrons. The second kappa shape index (κ2) is 12.5. The molecule has 2 aromatic heterocycles. The van der Waals surface area contributed by atoms with Crippen LogP contribution in [0.25, 0.3) is 10.8 Å². The van der Waals surface area contributed by atoms with Gasteiger partial charge in [0.15, 0.2) is 17.5 Å². The van der Waals surface area contributed by atoms with Crippen molar-refractivity contribution in [2.45, 2.75) is 19.8 Å². The van der Waals surface area contributed by atoms with Gasteiger partial charge in [0.05, 0.1) is 23.3 Å². The highest BCUT2D eigenvalue weighted by atomic mass is 19.1. The number of benzene rings is 2. The zero-order valence-corrected chi connectivity index (χ0v) is 23.5. The van der Waals surface area contributed by atoms with Crippen molar-refractivity contribution in [2.24, 2.45) is 0 Å². The minimum atomic E-state index is -0.585. The fourth-order valence-electron chi connectivity index (χ4n) is 4.12. The molecule has 0 saturated heterocycles. The largest absolute Gasteiger partial charge is 0.357 e. The number of nitrogens with one attached hydrogen (secondary N) is 3. The van der Waals surface area contributed by atoms with Crippen molar-refractivity contribution >= 4 is 51.3 Å². The Kier molecular flexibility index (Phi) is 8.90. The number of hydrogen-bond acceptors (Lipinski definition) is 8. The molecule has 40 heavy (non-hydrogen) atoms. The Bertz CT molecular complexity index is 1520. The van der Waals surface area contributed by atoms with Gasteiger partial charge in [-0.2, -0.15) is 4.98 Å². The number of halogens is 1. The lowest BCUT2D eigenvalue weighted by atomic mass is 10.1. The first kappa shape index (κ1) is 28.4. The maximum absolute atomic E-state index is 14.7. The van der Waals surface area contributed by atoms with Crippen LogP contribution in [0.5, 0.6) is 0 Å². The average Bonchev–Trinajstić information content (AvgIpc) is 2.93. The van der Waals surface area contributed by atoms with Gasteiger partial charge in [0.25, 0.3) is 0 Å². The van der Waals surface area contributed by atoms with Gasteiger partial charge in [-0.05, 0) is 55.1 Å². The van der Waals surface area contributed by atoms with E-state index in [2.05, 4.69) is 37.4 Å². The monoisotopic (exact) mass is 542 g/mol. The zero-order chi connectivity index (χ0) is 28.8. The molecule has 3 N–H and O–H groups in total. The first-order valence-corrected chi connectivity index (χ1v) is 13.0. The smallest absolute Gasteiger partial charge is 0.247 e. The summed E-state index contributed by atoms with van der Waals surface area (Å²) in [5, 5.41) is 11.2. The molecule has 0 atom stereocenters. The lowest BCUT2D eigenvalue weighted by Crippen LogP contribution is -2.30. The highest BCUT2D eigenvalue weighted by molar-refractivity contribution is 6.01. The van der Waals surface area contributed by atoms with Crippen LogP contribution in [0.1, 0.15) is 25.5 Å². The Morgan fingerprint density at radius 2 is 1.75 bits per heavy atom. The van der Waals surface area contributed by atoms with Crippen LogP contribution in [0, 0.1) is 5.82 Å². The van der Waals surface area contributed by atoms with Gasteiger partial charge in [0.2, 0.25) is 11.9 Å². The summed E-state index contributed by atoms with van der Waals surface area (Å²) in [7, 11) is 5.93. The molecule has 0 fully saturated rings. The molecule has 0 saturated carbocycles. The molecule has 1 amide bonds. The minimum Gasteiger partial charge on any atom is -0.357 e. The van der Waals surface area contributed by atoms with E-state index in [1.165, 1.54) is 6.08 Å². The maximum atomic E-state index is 14.7. The molecule has 0 aliphatic rings. The van der Waals surface area contributed by atoms with Crippen LogP contribution in [-0.2, 0) is 4.79 Å². The van der Waals surface area contributed by atoms with Crippen LogP contribution in [0.4, 0.5) is 39.0 Å². The zero-order valence-electron chi connectivity index (χ0n) is 23.5. The Balaban J connectivity index is 1.68. The number of carbonyl (C=O) groups is 1. The number of hydrogen-bond donors (Lipinski definition) is 3. The number of nitrogens with zero attached hydrogens (tertiary/aromatic N) is 5. The number of carbonyl (C=O) groups excluding carboxylic acids is 1. The van der Waals surface area contributed by atoms with Crippen molar-refractivity contribution in [2.75, 3.05) is 55.1 Å². The molecular formula is C30H35FN8O. The van der Waals surface area contributed by atoms with E-state index in [4.69, 9.17) is 4.98 Å². The standard InChI is InChI=1S/C30H35FN8O/c1-7-26(40)34-25-17-24(27(19(2)3)36-29(25)39(6)15-14-38(4)5)35-30-32-18-23(31)28(37-30)33-22-13-12-20-10-8-9-11-21(20)16-22/h7-13,16-19H,1,14-15H2,2-6H3,(H,34,40)(H2,32,33,35,37). The van der Waals surface area contributed by atoms with Crippen LogP contribution < -0.4 is 20.9 Å². The topological polar surface area (TPSA) is 98.3 Å². The quantitative estimate of drug-likeness (QED) is 0.202. The molecule has 2 heterocycles. The maximum Gasteiger partial charge on any atom is 0.247 e. The molecule has 10 heteroatoms. The van der Waals surface area contributed by atoms with Gasteiger partial charge >= 0.3 is 0 Å². The van der Waals surface area contributed by atoms with Crippen LogP contribution in [0.2, 0.25) is 0 Å². The highest BCUT2D eigenvalue weighted by Crippen LogP contribution is 2.34. The van der Waals surface area contributed by atoms with Gasteiger partial charge in [0.1, 0.15) is 0 Å². The van der Waals surface area contributed by atoms with E-state index in [1.807, 2.05) is 82.4 Å². The van der Waals surface area contributed by atoms with Gasteiger partial charge in [0, 0.05) is 25.8 Å². The summed E-state index contributed by atoms with van der Waals surface area (Å²) < 4.78 is 14.7. The summed E-state index contributed by atoms with van der Waals surface area (Å²) in [5.41, 5.74) is 2.56. The van der Waals surface area contributed by atoms with Gasteiger partial charge in [-0.3, -0.25) is 4.79 Å². The third kappa shape index (κ3) is 6.89. The molecule has 2 aromatic carbocycles. The Hall–Kier alpha value is -4.57. The van der Waals surface area contributed by atoms with E-state index >= 15 is 0 Å². The van der Waals surface area contributed by atoms with E-state index in [0.29, 0.717) is 29.4 Å². The number of pyridine rings is 1. The normalized spacial score (nSPS) is 11.1. The third-order valence-electron chi connectivity index (χ3n) is 6.27. The molecule has 0 spiro atoms. The predicted molar refractivity (Wildman–Crippen MR) is 161 cm³/mol. The van der Waals surface area contributed by atoms with Crippen molar-refractivity contribution in [3.05, 3.63) is 78.9 Å². The second-order valence-corrected chi connectivity index (χ2v) is 10.1. The molecule has 0 bridgehead atoms. The fourth-order valence-corrected chi connectivity index (χ4v) is 4.12. The Morgan fingerprint density at radius 3 is 2.45 bits per heavy atom. The predicted octanol–water partition coefficient (Wildman–Crippen LogP) is 5.90. The number of amides is 1. The van der Waals surface area contributed by atoms with E-state index < -0.39 is 5.82 Å². The fraction of sp³-hybridized carbons (Fsp3) is 0.267. The third-order valence-corrected chi connectivity index (χ3v) is 6.27. The summed E-state index contributed by atoms with van der Waals surface area (Å²) in [6, 6.07) is 15.5. The molecule has 0 aliphatic heterocycles. The van der Waals surface area contributed by atoms with Crippen molar-refractivity contribution in [1.29, 1.82) is 0 Å². The molecule has 0 unspecified atom stereocenters. The number of likely N-dealkylation sites (N-methyl/N-ethyl adjacent to an activating group) is 2. The second-order valence-electron chi connectivity index (χ2n) is 10.1. The van der Waals surface area contributed by atoms with E-state index in [0.717, 1.165) is 29.2 Å². The first-order valence-electron chi connectivity index (χ1n) is 13.0. The molecule has 208 valence electrons. The van der Waals surface area contributed by atoms with E-state index in [-0.39, 0.29) is 23.6 Å². The molecule has 4 aromatic rings. The number of fused-ring (bicyclic) bond motifs is 1.